The Balaban J connectivity index is 2.10. The average Bonchev–Trinajstić information content (AvgIpc) is 2.87. The fourth-order valence-electron chi connectivity index (χ4n) is 2.58. The molecule has 2 unspecified atom stereocenters. The molecule has 2 atom stereocenters. The van der Waals surface area contributed by atoms with Crippen LogP contribution in [0.25, 0.3) is 0 Å². The predicted octanol–water partition coefficient (Wildman–Crippen LogP) is 1.87. The smallest absolute Gasteiger partial charge is 0.227 e. The quantitative estimate of drug-likeness (QED) is 0.850. The van der Waals surface area contributed by atoms with Gasteiger partial charge in [-0.25, -0.2) is 0 Å². The van der Waals surface area contributed by atoms with E-state index in [2.05, 4.69) is 11.4 Å². The lowest BCUT2D eigenvalue weighted by Gasteiger charge is -2.17. The zero-order valence-corrected chi connectivity index (χ0v) is 10.2. The summed E-state index contributed by atoms with van der Waals surface area (Å²) in [5, 5.41) is 11.8. The largest absolute Gasteiger partial charge is 0.330 e. The monoisotopic (exact) mass is 243 g/mol. The number of anilines is 1. The zero-order valence-electron chi connectivity index (χ0n) is 10.2. The van der Waals surface area contributed by atoms with E-state index in [1.54, 1.807) is 18.2 Å². The summed E-state index contributed by atoms with van der Waals surface area (Å²) in [6.07, 6.45) is 2.97. The fourth-order valence-corrected chi connectivity index (χ4v) is 2.58. The maximum atomic E-state index is 12.2. The van der Waals surface area contributed by atoms with Gasteiger partial charge in [-0.1, -0.05) is 18.6 Å². The molecule has 4 heteroatoms. The van der Waals surface area contributed by atoms with Crippen LogP contribution in [0.5, 0.6) is 0 Å². The highest BCUT2D eigenvalue weighted by Gasteiger charge is 2.32. The molecule has 0 bridgehead atoms. The summed E-state index contributed by atoms with van der Waals surface area (Å²) < 4.78 is 0. The zero-order chi connectivity index (χ0) is 13.0. The Hall–Kier alpha value is -1.86. The van der Waals surface area contributed by atoms with Crippen LogP contribution >= 0.6 is 0 Å². The van der Waals surface area contributed by atoms with Crippen molar-refractivity contribution >= 4 is 11.6 Å². The summed E-state index contributed by atoms with van der Waals surface area (Å²) in [7, 11) is 0. The molecule has 1 aliphatic carbocycles. The van der Waals surface area contributed by atoms with Gasteiger partial charge >= 0.3 is 0 Å². The predicted molar refractivity (Wildman–Crippen MR) is 69.7 cm³/mol. The Morgan fingerprint density at radius 2 is 2.22 bits per heavy atom. The standard InChI is InChI=1S/C14H17N3O/c15-8-10-5-3-6-12(10)14(18)17-13-7-2-1-4-11(13)9-16/h1-2,4,7,10,12H,3,5-6,8,15H2,(H,17,18). The second-order valence-electron chi connectivity index (χ2n) is 4.68. The minimum atomic E-state index is -0.0123. The van der Waals surface area contributed by atoms with E-state index in [1.165, 1.54) is 0 Å². The first kappa shape index (κ1) is 12.6. The number of carbonyl (C=O) groups is 1. The lowest BCUT2D eigenvalue weighted by molar-refractivity contribution is -0.120. The van der Waals surface area contributed by atoms with E-state index >= 15 is 0 Å². The number of nitrogens with one attached hydrogen (secondary N) is 1. The van der Waals surface area contributed by atoms with Gasteiger partial charge in [0.05, 0.1) is 11.3 Å². The van der Waals surface area contributed by atoms with Crippen LogP contribution in [0.2, 0.25) is 0 Å². The third-order valence-electron chi connectivity index (χ3n) is 3.60. The molecule has 0 aliphatic heterocycles. The number of nitrogens with zero attached hydrogens (tertiary/aromatic N) is 1. The van der Waals surface area contributed by atoms with Crippen molar-refractivity contribution in [3.05, 3.63) is 29.8 Å². The number of nitriles is 1. The summed E-state index contributed by atoms with van der Waals surface area (Å²) in [6, 6.07) is 9.12. The normalized spacial score (nSPS) is 22.4. The van der Waals surface area contributed by atoms with E-state index in [0.717, 1.165) is 19.3 Å². The van der Waals surface area contributed by atoms with Gasteiger partial charge in [0, 0.05) is 5.92 Å². The second kappa shape index (κ2) is 5.65. The van der Waals surface area contributed by atoms with Gasteiger partial charge in [0.25, 0.3) is 0 Å². The highest BCUT2D eigenvalue weighted by atomic mass is 16.1. The Kier molecular flexibility index (Phi) is 3.96. The molecule has 4 nitrogen and oxygen atoms in total. The highest BCUT2D eigenvalue weighted by molar-refractivity contribution is 5.94. The minimum Gasteiger partial charge on any atom is -0.330 e. The molecule has 0 aromatic heterocycles. The first-order valence-electron chi connectivity index (χ1n) is 6.26. The molecule has 1 amide bonds. The Bertz CT molecular complexity index is 478. The number of amides is 1. The molecule has 1 saturated carbocycles. The van der Waals surface area contributed by atoms with Crippen LogP contribution < -0.4 is 11.1 Å². The van der Waals surface area contributed by atoms with Gasteiger partial charge in [0.15, 0.2) is 0 Å². The first-order chi connectivity index (χ1) is 8.76. The van der Waals surface area contributed by atoms with Crippen molar-refractivity contribution in [3.63, 3.8) is 0 Å². The van der Waals surface area contributed by atoms with Gasteiger partial charge in [0.1, 0.15) is 6.07 Å². The van der Waals surface area contributed by atoms with Crippen LogP contribution in [0.15, 0.2) is 24.3 Å². The number of hydrogen-bond donors (Lipinski definition) is 2. The molecule has 0 radical (unpaired) electrons. The van der Waals surface area contributed by atoms with Gasteiger partial charge in [-0.05, 0) is 37.4 Å². The number of nitrogens with two attached hydrogens (primary N) is 1. The summed E-state index contributed by atoms with van der Waals surface area (Å²) in [4.78, 5) is 12.2. The topological polar surface area (TPSA) is 78.9 Å². The minimum absolute atomic E-state index is 0.00866. The number of benzene rings is 1. The lowest BCUT2D eigenvalue weighted by atomic mass is 9.95. The average molecular weight is 243 g/mol. The van der Waals surface area contributed by atoms with Crippen LogP contribution in [-0.4, -0.2) is 12.5 Å². The third-order valence-corrected chi connectivity index (χ3v) is 3.60. The molecule has 0 saturated heterocycles. The molecule has 0 heterocycles. The van der Waals surface area contributed by atoms with Crippen LogP contribution in [0.4, 0.5) is 5.69 Å². The molecule has 2 rings (SSSR count). The second-order valence-corrected chi connectivity index (χ2v) is 4.68. The van der Waals surface area contributed by atoms with Gasteiger partial charge in [-0.3, -0.25) is 4.79 Å². The van der Waals surface area contributed by atoms with Crippen molar-refractivity contribution in [2.24, 2.45) is 17.6 Å². The van der Waals surface area contributed by atoms with E-state index in [4.69, 9.17) is 11.0 Å². The third kappa shape index (κ3) is 2.52. The van der Waals surface area contributed by atoms with Crippen molar-refractivity contribution in [1.29, 1.82) is 5.26 Å². The first-order valence-corrected chi connectivity index (χ1v) is 6.26. The van der Waals surface area contributed by atoms with Crippen molar-refractivity contribution in [1.82, 2.24) is 0 Å². The fraction of sp³-hybridized carbons (Fsp3) is 0.429. The molecule has 1 aromatic rings. The summed E-state index contributed by atoms with van der Waals surface area (Å²) >= 11 is 0. The maximum absolute atomic E-state index is 12.2. The van der Waals surface area contributed by atoms with Gasteiger partial charge in [-0.2, -0.15) is 5.26 Å². The number of rotatable bonds is 3. The number of carbonyl (C=O) groups excluding carboxylic acids is 1. The van der Waals surface area contributed by atoms with Crippen molar-refractivity contribution in [3.8, 4) is 6.07 Å². The maximum Gasteiger partial charge on any atom is 0.227 e. The molecule has 0 spiro atoms. The molecular formula is C14H17N3O. The van der Waals surface area contributed by atoms with Gasteiger partial charge < -0.3 is 11.1 Å². The molecule has 3 N–H and O–H groups in total. The highest BCUT2D eigenvalue weighted by Crippen LogP contribution is 2.32. The molecule has 94 valence electrons. The summed E-state index contributed by atoms with van der Waals surface area (Å²) in [5.74, 6) is 0.256. The molecule has 1 fully saturated rings. The van der Waals surface area contributed by atoms with E-state index in [1.807, 2.05) is 6.07 Å². The van der Waals surface area contributed by atoms with Crippen LogP contribution in [0.3, 0.4) is 0 Å². The summed E-state index contributed by atoms with van der Waals surface area (Å²) in [5.41, 5.74) is 6.76. The van der Waals surface area contributed by atoms with Crippen LogP contribution in [0, 0.1) is 23.2 Å². The van der Waals surface area contributed by atoms with Crippen LogP contribution in [-0.2, 0) is 4.79 Å². The van der Waals surface area contributed by atoms with Gasteiger partial charge in [0.2, 0.25) is 5.91 Å². The molecule has 1 aliphatic rings. The van der Waals surface area contributed by atoms with Crippen molar-refractivity contribution in [2.45, 2.75) is 19.3 Å². The number of hydrogen-bond acceptors (Lipinski definition) is 3. The SMILES string of the molecule is N#Cc1ccccc1NC(=O)C1CCCC1CN. The van der Waals surface area contributed by atoms with Crippen molar-refractivity contribution < 1.29 is 4.79 Å². The van der Waals surface area contributed by atoms with Crippen LogP contribution in [0.1, 0.15) is 24.8 Å². The molecule has 18 heavy (non-hydrogen) atoms. The summed E-state index contributed by atoms with van der Waals surface area (Å²) in [6.45, 7) is 0.554. The lowest BCUT2D eigenvalue weighted by Crippen LogP contribution is -2.29. The van der Waals surface area contributed by atoms with E-state index < -0.39 is 0 Å². The van der Waals surface area contributed by atoms with Crippen molar-refractivity contribution in [2.75, 3.05) is 11.9 Å². The Labute approximate surface area is 107 Å². The Morgan fingerprint density at radius 1 is 1.44 bits per heavy atom. The number of para-hydroxylation sites is 1. The Morgan fingerprint density at radius 3 is 2.94 bits per heavy atom. The van der Waals surface area contributed by atoms with Gasteiger partial charge in [-0.15, -0.1) is 0 Å². The molecule has 1 aromatic carbocycles. The van der Waals surface area contributed by atoms with E-state index in [9.17, 15) is 4.79 Å². The van der Waals surface area contributed by atoms with E-state index in [-0.39, 0.29) is 17.7 Å². The van der Waals surface area contributed by atoms with E-state index in [0.29, 0.717) is 17.8 Å². The molecular weight excluding hydrogens is 226 g/mol.